The van der Waals surface area contributed by atoms with Gasteiger partial charge < -0.3 is 4.74 Å². The minimum Gasteiger partial charge on any atom is -0.381 e. The molecule has 0 atom stereocenters. The molecule has 0 fully saturated rings. The zero-order valence-corrected chi connectivity index (χ0v) is 15.4. The SMILES string of the molecule is CC(C)CCOCCCCCCCCCCCCCCCF. The molecule has 0 bridgehead atoms. The molecule has 0 aromatic carbocycles. The molecule has 22 heavy (non-hydrogen) atoms. The van der Waals surface area contributed by atoms with E-state index in [1.807, 2.05) is 0 Å². The molecule has 0 unspecified atom stereocenters. The molecule has 134 valence electrons. The predicted octanol–water partition coefficient (Wildman–Crippen LogP) is 7.09. The fourth-order valence-electron chi connectivity index (χ4n) is 2.66. The molecule has 0 saturated carbocycles. The van der Waals surface area contributed by atoms with Crippen LogP contribution in [0.5, 0.6) is 0 Å². The summed E-state index contributed by atoms with van der Waals surface area (Å²) in [6, 6.07) is 0. The van der Waals surface area contributed by atoms with Crippen molar-refractivity contribution in [2.75, 3.05) is 19.9 Å². The molecule has 0 aliphatic heterocycles. The minimum absolute atomic E-state index is 0.135. The van der Waals surface area contributed by atoms with Crippen LogP contribution in [-0.2, 0) is 4.74 Å². The molecule has 0 amide bonds. The molecule has 0 heterocycles. The molecule has 0 rings (SSSR count). The molecular formula is C20H41FO. The molecule has 0 aromatic heterocycles. The van der Waals surface area contributed by atoms with Crippen molar-refractivity contribution < 1.29 is 9.13 Å². The van der Waals surface area contributed by atoms with Gasteiger partial charge in [-0.05, 0) is 25.2 Å². The second-order valence-electron chi connectivity index (χ2n) is 7.08. The molecule has 0 saturated heterocycles. The first-order valence-corrected chi connectivity index (χ1v) is 9.91. The first kappa shape index (κ1) is 21.9. The second kappa shape index (κ2) is 18.9. The van der Waals surface area contributed by atoms with Crippen LogP contribution in [-0.4, -0.2) is 19.9 Å². The smallest absolute Gasteiger partial charge is 0.0894 e. The third-order valence-electron chi connectivity index (χ3n) is 4.26. The van der Waals surface area contributed by atoms with Gasteiger partial charge in [-0.25, -0.2) is 0 Å². The van der Waals surface area contributed by atoms with Gasteiger partial charge in [0.15, 0.2) is 0 Å². The van der Waals surface area contributed by atoms with Crippen molar-refractivity contribution in [1.29, 1.82) is 0 Å². The zero-order valence-electron chi connectivity index (χ0n) is 15.4. The molecular weight excluding hydrogens is 275 g/mol. The highest BCUT2D eigenvalue weighted by atomic mass is 19.1. The van der Waals surface area contributed by atoms with Crippen LogP contribution in [0.15, 0.2) is 0 Å². The average molecular weight is 317 g/mol. The number of unbranched alkanes of at least 4 members (excludes halogenated alkanes) is 12. The lowest BCUT2D eigenvalue weighted by Gasteiger charge is -2.06. The van der Waals surface area contributed by atoms with Gasteiger partial charge in [0, 0.05) is 13.2 Å². The Balaban J connectivity index is 2.94. The summed E-state index contributed by atoms with van der Waals surface area (Å²) in [4.78, 5) is 0. The minimum atomic E-state index is -0.135. The monoisotopic (exact) mass is 316 g/mol. The number of halogens is 1. The van der Waals surface area contributed by atoms with Gasteiger partial charge in [-0.15, -0.1) is 0 Å². The van der Waals surface area contributed by atoms with Gasteiger partial charge in [-0.3, -0.25) is 4.39 Å². The highest BCUT2D eigenvalue weighted by molar-refractivity contribution is 4.49. The van der Waals surface area contributed by atoms with Crippen LogP contribution >= 0.6 is 0 Å². The molecule has 0 aliphatic carbocycles. The number of hydrogen-bond acceptors (Lipinski definition) is 1. The van der Waals surface area contributed by atoms with Crippen molar-refractivity contribution in [3.05, 3.63) is 0 Å². The Morgan fingerprint density at radius 1 is 0.591 bits per heavy atom. The van der Waals surface area contributed by atoms with Crippen LogP contribution in [0.2, 0.25) is 0 Å². The molecule has 0 spiro atoms. The van der Waals surface area contributed by atoms with Gasteiger partial charge in [0.25, 0.3) is 0 Å². The van der Waals surface area contributed by atoms with E-state index in [1.165, 1.54) is 77.0 Å². The molecule has 1 nitrogen and oxygen atoms in total. The van der Waals surface area contributed by atoms with E-state index in [4.69, 9.17) is 4.74 Å². The Bertz CT molecular complexity index is 194. The Hall–Kier alpha value is -0.110. The zero-order chi connectivity index (χ0) is 16.3. The van der Waals surface area contributed by atoms with Crippen LogP contribution in [0, 0.1) is 5.92 Å². The van der Waals surface area contributed by atoms with E-state index in [-0.39, 0.29) is 6.67 Å². The Kier molecular flexibility index (Phi) is 18.8. The number of hydrogen-bond donors (Lipinski definition) is 0. The average Bonchev–Trinajstić information content (AvgIpc) is 2.50. The molecule has 0 aliphatic rings. The van der Waals surface area contributed by atoms with E-state index in [2.05, 4.69) is 13.8 Å². The molecule has 2 heteroatoms. The van der Waals surface area contributed by atoms with Crippen molar-refractivity contribution >= 4 is 0 Å². The van der Waals surface area contributed by atoms with Crippen molar-refractivity contribution in [3.8, 4) is 0 Å². The van der Waals surface area contributed by atoms with Crippen molar-refractivity contribution in [2.24, 2.45) is 5.92 Å². The van der Waals surface area contributed by atoms with Gasteiger partial charge in [-0.2, -0.15) is 0 Å². The highest BCUT2D eigenvalue weighted by Crippen LogP contribution is 2.12. The number of rotatable bonds is 18. The summed E-state index contributed by atoms with van der Waals surface area (Å²) in [6.45, 7) is 6.25. The molecule has 0 radical (unpaired) electrons. The van der Waals surface area contributed by atoms with Gasteiger partial charge in [-0.1, -0.05) is 84.5 Å². The Labute approximate surface area is 139 Å². The lowest BCUT2D eigenvalue weighted by Crippen LogP contribution is -2.00. The van der Waals surface area contributed by atoms with Crippen LogP contribution in [0.25, 0.3) is 0 Å². The van der Waals surface area contributed by atoms with Crippen LogP contribution in [0.1, 0.15) is 104 Å². The van der Waals surface area contributed by atoms with Crippen molar-refractivity contribution in [2.45, 2.75) is 104 Å². The van der Waals surface area contributed by atoms with E-state index < -0.39 is 0 Å². The summed E-state index contributed by atoms with van der Waals surface area (Å²) in [5.41, 5.74) is 0. The summed E-state index contributed by atoms with van der Waals surface area (Å²) < 4.78 is 17.5. The predicted molar refractivity (Wildman–Crippen MR) is 96.3 cm³/mol. The van der Waals surface area contributed by atoms with Gasteiger partial charge >= 0.3 is 0 Å². The summed E-state index contributed by atoms with van der Waals surface area (Å²) in [5.74, 6) is 0.759. The Morgan fingerprint density at radius 2 is 1.00 bits per heavy atom. The van der Waals surface area contributed by atoms with E-state index in [0.717, 1.165) is 32.0 Å². The normalized spacial score (nSPS) is 11.5. The maximum absolute atomic E-state index is 11.9. The molecule has 0 N–H and O–H groups in total. The third kappa shape index (κ3) is 19.9. The number of alkyl halides is 1. The first-order valence-electron chi connectivity index (χ1n) is 9.91. The van der Waals surface area contributed by atoms with Gasteiger partial charge in [0.1, 0.15) is 0 Å². The summed E-state index contributed by atoms with van der Waals surface area (Å²) in [7, 11) is 0. The Morgan fingerprint density at radius 3 is 1.41 bits per heavy atom. The van der Waals surface area contributed by atoms with Crippen LogP contribution in [0.4, 0.5) is 4.39 Å². The fourth-order valence-corrected chi connectivity index (χ4v) is 2.66. The lowest BCUT2D eigenvalue weighted by atomic mass is 10.0. The third-order valence-corrected chi connectivity index (χ3v) is 4.26. The second-order valence-corrected chi connectivity index (χ2v) is 7.08. The van der Waals surface area contributed by atoms with E-state index >= 15 is 0 Å². The summed E-state index contributed by atoms with van der Waals surface area (Å²) in [5, 5.41) is 0. The summed E-state index contributed by atoms with van der Waals surface area (Å²) in [6.07, 6.45) is 17.8. The number of ether oxygens (including phenoxy) is 1. The van der Waals surface area contributed by atoms with Crippen molar-refractivity contribution in [3.63, 3.8) is 0 Å². The van der Waals surface area contributed by atoms with Gasteiger partial charge in [0.05, 0.1) is 6.67 Å². The largest absolute Gasteiger partial charge is 0.381 e. The maximum atomic E-state index is 11.9. The van der Waals surface area contributed by atoms with E-state index in [9.17, 15) is 4.39 Å². The first-order chi connectivity index (χ1) is 10.8. The standard InChI is InChI=1S/C20H41FO/c1-20(2)16-19-22-18-15-13-11-9-7-5-3-4-6-8-10-12-14-17-21/h20H,3-19H2,1-2H3. The van der Waals surface area contributed by atoms with Crippen LogP contribution < -0.4 is 0 Å². The summed E-state index contributed by atoms with van der Waals surface area (Å²) >= 11 is 0. The van der Waals surface area contributed by atoms with E-state index in [1.54, 1.807) is 0 Å². The van der Waals surface area contributed by atoms with E-state index in [0.29, 0.717) is 0 Å². The lowest BCUT2D eigenvalue weighted by molar-refractivity contribution is 0.119. The van der Waals surface area contributed by atoms with Gasteiger partial charge in [0.2, 0.25) is 0 Å². The van der Waals surface area contributed by atoms with Crippen molar-refractivity contribution in [1.82, 2.24) is 0 Å². The fraction of sp³-hybridized carbons (Fsp3) is 1.00. The maximum Gasteiger partial charge on any atom is 0.0894 e. The highest BCUT2D eigenvalue weighted by Gasteiger charge is 1.96. The topological polar surface area (TPSA) is 9.23 Å². The quantitative estimate of drug-likeness (QED) is 0.245. The van der Waals surface area contributed by atoms with Crippen LogP contribution in [0.3, 0.4) is 0 Å². The molecule has 0 aromatic rings.